The Morgan fingerprint density at radius 3 is 2.58 bits per heavy atom. The molecule has 2 unspecified atom stereocenters. The quantitative estimate of drug-likeness (QED) is 0.857. The maximum absolute atomic E-state index is 10.8. The fourth-order valence-corrected chi connectivity index (χ4v) is 2.26. The first-order valence-corrected chi connectivity index (χ1v) is 6.78. The fourth-order valence-electron chi connectivity index (χ4n) is 2.26. The molecule has 1 aliphatic heterocycles. The number of hydrogen-bond donors (Lipinski definition) is 2. The van der Waals surface area contributed by atoms with Gasteiger partial charge >= 0.3 is 5.97 Å². The Labute approximate surface area is 113 Å². The van der Waals surface area contributed by atoms with Crippen LogP contribution in [0.2, 0.25) is 0 Å². The molecule has 0 amide bonds. The summed E-state index contributed by atoms with van der Waals surface area (Å²) in [4.78, 5) is 10.8. The molecule has 2 rings (SSSR count). The van der Waals surface area contributed by atoms with E-state index in [2.05, 4.69) is 43.4 Å². The van der Waals surface area contributed by atoms with E-state index in [1.54, 1.807) is 0 Å². The maximum atomic E-state index is 10.8. The molecule has 1 aromatic carbocycles. The lowest BCUT2D eigenvalue weighted by atomic mass is 10.0. The Hall–Kier alpha value is -1.55. The average Bonchev–Trinajstić information content (AvgIpc) is 2.86. The van der Waals surface area contributed by atoms with Crippen molar-refractivity contribution in [2.75, 3.05) is 11.9 Å². The highest BCUT2D eigenvalue weighted by Crippen LogP contribution is 2.21. The molecular formula is C15H21NO3. The Bertz CT molecular complexity index is 428. The molecular weight excluding hydrogens is 242 g/mol. The van der Waals surface area contributed by atoms with Crippen LogP contribution in [0.1, 0.15) is 38.2 Å². The molecule has 0 bridgehead atoms. The van der Waals surface area contributed by atoms with Gasteiger partial charge in [-0.05, 0) is 36.5 Å². The van der Waals surface area contributed by atoms with Crippen molar-refractivity contribution in [2.45, 2.75) is 44.8 Å². The van der Waals surface area contributed by atoms with Crippen LogP contribution in [0, 0.1) is 0 Å². The molecule has 1 heterocycles. The van der Waals surface area contributed by atoms with E-state index in [9.17, 15) is 4.79 Å². The predicted molar refractivity (Wildman–Crippen MR) is 74.6 cm³/mol. The van der Waals surface area contributed by atoms with E-state index < -0.39 is 12.1 Å². The van der Waals surface area contributed by atoms with Crippen LogP contribution in [-0.2, 0) is 9.53 Å². The summed E-state index contributed by atoms with van der Waals surface area (Å²) in [6.07, 6.45) is 0.767. The Balaban J connectivity index is 1.81. The molecule has 0 spiro atoms. The van der Waals surface area contributed by atoms with Crippen molar-refractivity contribution in [1.82, 2.24) is 0 Å². The summed E-state index contributed by atoms with van der Waals surface area (Å²) in [6.45, 7) is 4.99. The summed E-state index contributed by atoms with van der Waals surface area (Å²) in [5, 5.41) is 12.1. The molecule has 4 nitrogen and oxygen atoms in total. The Morgan fingerprint density at radius 2 is 2.05 bits per heavy atom. The van der Waals surface area contributed by atoms with Crippen LogP contribution in [0.4, 0.5) is 5.69 Å². The second kappa shape index (κ2) is 6.06. The van der Waals surface area contributed by atoms with Gasteiger partial charge in [-0.25, -0.2) is 4.79 Å². The summed E-state index contributed by atoms with van der Waals surface area (Å²) >= 11 is 0. The van der Waals surface area contributed by atoms with Crippen molar-refractivity contribution >= 4 is 11.7 Å². The van der Waals surface area contributed by atoms with Crippen LogP contribution in [0.15, 0.2) is 24.3 Å². The molecule has 1 aromatic rings. The lowest BCUT2D eigenvalue weighted by molar-refractivity contribution is -0.149. The average molecular weight is 263 g/mol. The molecule has 2 atom stereocenters. The zero-order valence-corrected chi connectivity index (χ0v) is 11.4. The number of rotatable bonds is 5. The van der Waals surface area contributed by atoms with E-state index >= 15 is 0 Å². The molecule has 0 aliphatic carbocycles. The SMILES string of the molecule is CC(C)c1ccc(NCC2CCC(C(=O)O)O2)cc1. The maximum Gasteiger partial charge on any atom is 0.332 e. The third kappa shape index (κ3) is 3.70. The van der Waals surface area contributed by atoms with Gasteiger partial charge < -0.3 is 15.2 Å². The first kappa shape index (κ1) is 13.9. The third-order valence-electron chi connectivity index (χ3n) is 3.49. The predicted octanol–water partition coefficient (Wildman–Crippen LogP) is 2.85. The van der Waals surface area contributed by atoms with Crippen molar-refractivity contribution in [3.63, 3.8) is 0 Å². The minimum absolute atomic E-state index is 0.00845. The largest absolute Gasteiger partial charge is 0.479 e. The smallest absolute Gasteiger partial charge is 0.332 e. The van der Waals surface area contributed by atoms with Crippen LogP contribution in [0.5, 0.6) is 0 Å². The third-order valence-corrected chi connectivity index (χ3v) is 3.49. The number of aliphatic carboxylic acids is 1. The van der Waals surface area contributed by atoms with Crippen molar-refractivity contribution < 1.29 is 14.6 Å². The molecule has 104 valence electrons. The lowest BCUT2D eigenvalue weighted by Gasteiger charge is -2.14. The highest BCUT2D eigenvalue weighted by atomic mass is 16.5. The second-order valence-electron chi connectivity index (χ2n) is 5.32. The van der Waals surface area contributed by atoms with Gasteiger partial charge in [-0.3, -0.25) is 0 Å². The van der Waals surface area contributed by atoms with E-state index in [0.29, 0.717) is 18.9 Å². The number of benzene rings is 1. The van der Waals surface area contributed by atoms with Gasteiger partial charge in [0.05, 0.1) is 6.10 Å². The van der Waals surface area contributed by atoms with E-state index in [4.69, 9.17) is 9.84 Å². The van der Waals surface area contributed by atoms with E-state index in [1.807, 2.05) is 0 Å². The normalized spacial score (nSPS) is 22.7. The zero-order valence-electron chi connectivity index (χ0n) is 11.4. The summed E-state index contributed by atoms with van der Waals surface area (Å²) < 4.78 is 5.44. The number of carboxylic acid groups (broad SMARTS) is 1. The molecule has 1 fully saturated rings. The van der Waals surface area contributed by atoms with Crippen LogP contribution >= 0.6 is 0 Å². The lowest BCUT2D eigenvalue weighted by Crippen LogP contribution is -2.24. The number of nitrogens with one attached hydrogen (secondary N) is 1. The summed E-state index contributed by atoms with van der Waals surface area (Å²) in [5.74, 6) is -0.327. The minimum Gasteiger partial charge on any atom is -0.479 e. The van der Waals surface area contributed by atoms with Gasteiger partial charge in [-0.15, -0.1) is 0 Å². The van der Waals surface area contributed by atoms with Crippen molar-refractivity contribution in [1.29, 1.82) is 0 Å². The molecule has 19 heavy (non-hydrogen) atoms. The first-order chi connectivity index (χ1) is 9.06. The number of carboxylic acids is 1. The Kier molecular flexibility index (Phi) is 4.43. The minimum atomic E-state index is -0.858. The van der Waals surface area contributed by atoms with Gasteiger partial charge in [0.15, 0.2) is 6.10 Å². The monoisotopic (exact) mass is 263 g/mol. The van der Waals surface area contributed by atoms with E-state index in [1.165, 1.54) is 5.56 Å². The molecule has 1 aliphatic rings. The van der Waals surface area contributed by atoms with Crippen molar-refractivity contribution in [2.24, 2.45) is 0 Å². The fraction of sp³-hybridized carbons (Fsp3) is 0.533. The summed E-state index contributed by atoms with van der Waals surface area (Å²) in [6, 6.07) is 8.34. The van der Waals surface area contributed by atoms with Crippen molar-refractivity contribution in [3.05, 3.63) is 29.8 Å². The van der Waals surface area contributed by atoms with E-state index in [-0.39, 0.29) is 6.10 Å². The topological polar surface area (TPSA) is 58.6 Å². The van der Waals surface area contributed by atoms with Gasteiger partial charge in [-0.2, -0.15) is 0 Å². The van der Waals surface area contributed by atoms with Crippen molar-refractivity contribution in [3.8, 4) is 0 Å². The number of ether oxygens (including phenoxy) is 1. The summed E-state index contributed by atoms with van der Waals surface area (Å²) in [7, 11) is 0. The van der Waals surface area contributed by atoms with E-state index in [0.717, 1.165) is 12.1 Å². The Morgan fingerprint density at radius 1 is 1.37 bits per heavy atom. The second-order valence-corrected chi connectivity index (χ2v) is 5.32. The van der Waals surface area contributed by atoms with Gasteiger partial charge in [-0.1, -0.05) is 26.0 Å². The molecule has 0 aromatic heterocycles. The number of anilines is 1. The van der Waals surface area contributed by atoms with Gasteiger partial charge in [0.2, 0.25) is 0 Å². The van der Waals surface area contributed by atoms with Crippen LogP contribution in [0.25, 0.3) is 0 Å². The molecule has 4 heteroatoms. The van der Waals surface area contributed by atoms with Gasteiger partial charge in [0, 0.05) is 12.2 Å². The highest BCUT2D eigenvalue weighted by Gasteiger charge is 2.30. The summed E-state index contributed by atoms with van der Waals surface area (Å²) in [5.41, 5.74) is 2.36. The molecule has 0 saturated carbocycles. The van der Waals surface area contributed by atoms with Gasteiger partial charge in [0.1, 0.15) is 0 Å². The molecule has 0 radical (unpaired) electrons. The number of hydrogen-bond acceptors (Lipinski definition) is 3. The molecule has 2 N–H and O–H groups in total. The number of carbonyl (C=O) groups is 1. The van der Waals surface area contributed by atoms with Gasteiger partial charge in [0.25, 0.3) is 0 Å². The first-order valence-electron chi connectivity index (χ1n) is 6.78. The highest BCUT2D eigenvalue weighted by molar-refractivity contribution is 5.72. The molecule has 1 saturated heterocycles. The zero-order chi connectivity index (χ0) is 13.8. The van der Waals surface area contributed by atoms with Crippen LogP contribution in [0.3, 0.4) is 0 Å². The standard InChI is InChI=1S/C15H21NO3/c1-10(2)11-3-5-12(6-4-11)16-9-13-7-8-14(19-13)15(17)18/h3-6,10,13-14,16H,7-9H2,1-2H3,(H,17,18). The van der Waals surface area contributed by atoms with Crippen LogP contribution in [-0.4, -0.2) is 29.8 Å². The van der Waals surface area contributed by atoms with Crippen LogP contribution < -0.4 is 5.32 Å².